The van der Waals surface area contributed by atoms with Crippen LogP contribution in [0.4, 0.5) is 5.82 Å². The van der Waals surface area contributed by atoms with E-state index in [0.29, 0.717) is 18.6 Å². The number of aryl methyl sites for hydroxylation is 1. The third-order valence-corrected chi connectivity index (χ3v) is 3.84. The van der Waals surface area contributed by atoms with Crippen molar-refractivity contribution in [2.45, 2.75) is 52.1 Å². The Bertz CT molecular complexity index is 442. The maximum atomic E-state index is 5.85. The van der Waals surface area contributed by atoms with Gasteiger partial charge in [-0.3, -0.25) is 0 Å². The van der Waals surface area contributed by atoms with Crippen molar-refractivity contribution in [2.75, 3.05) is 31.1 Å². The number of hydrogen-bond acceptors (Lipinski definition) is 5. The summed E-state index contributed by atoms with van der Waals surface area (Å²) in [5.41, 5.74) is 6.54. The monoisotopic (exact) mass is 292 g/mol. The quantitative estimate of drug-likeness (QED) is 0.815. The molecule has 0 radical (unpaired) electrons. The second kappa shape index (κ2) is 7.71. The van der Waals surface area contributed by atoms with Crippen LogP contribution >= 0.6 is 0 Å². The number of nitrogens with two attached hydrogens (primary N) is 1. The first-order valence-electron chi connectivity index (χ1n) is 8.02. The molecule has 0 saturated carbocycles. The van der Waals surface area contributed by atoms with Gasteiger partial charge < -0.3 is 15.4 Å². The SMILES string of the molecule is Cc1cc(N2CCC(OCCCN)CC2)nc(C(C)C)n1. The van der Waals surface area contributed by atoms with Gasteiger partial charge in [0.25, 0.3) is 0 Å². The summed E-state index contributed by atoms with van der Waals surface area (Å²) in [5, 5.41) is 0. The lowest BCUT2D eigenvalue weighted by atomic mass is 10.1. The second-order valence-corrected chi connectivity index (χ2v) is 6.08. The van der Waals surface area contributed by atoms with E-state index in [4.69, 9.17) is 15.5 Å². The van der Waals surface area contributed by atoms with Crippen LogP contribution in [-0.4, -0.2) is 42.3 Å². The molecule has 5 nitrogen and oxygen atoms in total. The van der Waals surface area contributed by atoms with Crippen LogP contribution in [0, 0.1) is 6.92 Å². The van der Waals surface area contributed by atoms with Gasteiger partial charge >= 0.3 is 0 Å². The summed E-state index contributed by atoms with van der Waals surface area (Å²) < 4.78 is 5.85. The van der Waals surface area contributed by atoms with Crippen molar-refractivity contribution < 1.29 is 4.74 Å². The van der Waals surface area contributed by atoms with Gasteiger partial charge in [-0.15, -0.1) is 0 Å². The zero-order valence-corrected chi connectivity index (χ0v) is 13.5. The fourth-order valence-electron chi connectivity index (χ4n) is 2.58. The molecule has 21 heavy (non-hydrogen) atoms. The van der Waals surface area contributed by atoms with Crippen molar-refractivity contribution in [1.82, 2.24) is 9.97 Å². The molecule has 1 aromatic heterocycles. The highest BCUT2D eigenvalue weighted by Gasteiger charge is 2.21. The fourth-order valence-corrected chi connectivity index (χ4v) is 2.58. The molecule has 1 saturated heterocycles. The average molecular weight is 292 g/mol. The Morgan fingerprint density at radius 3 is 2.67 bits per heavy atom. The minimum atomic E-state index is 0.362. The van der Waals surface area contributed by atoms with Crippen LogP contribution < -0.4 is 10.6 Å². The normalized spacial score (nSPS) is 16.7. The molecule has 1 fully saturated rings. The van der Waals surface area contributed by atoms with Crippen LogP contribution in [-0.2, 0) is 4.74 Å². The van der Waals surface area contributed by atoms with Crippen LogP contribution in [0.5, 0.6) is 0 Å². The lowest BCUT2D eigenvalue weighted by Crippen LogP contribution is -2.38. The van der Waals surface area contributed by atoms with Gasteiger partial charge in [-0.2, -0.15) is 0 Å². The number of piperidine rings is 1. The molecular weight excluding hydrogens is 264 g/mol. The van der Waals surface area contributed by atoms with Gasteiger partial charge in [0.15, 0.2) is 0 Å². The smallest absolute Gasteiger partial charge is 0.133 e. The van der Waals surface area contributed by atoms with E-state index in [1.165, 1.54) is 0 Å². The minimum absolute atomic E-state index is 0.362. The van der Waals surface area contributed by atoms with Crippen molar-refractivity contribution in [1.29, 1.82) is 0 Å². The predicted octanol–water partition coefficient (Wildman–Crippen LogP) is 2.24. The summed E-state index contributed by atoms with van der Waals surface area (Å²) in [6.45, 7) is 9.80. The van der Waals surface area contributed by atoms with Crippen molar-refractivity contribution >= 4 is 5.82 Å². The Kier molecular flexibility index (Phi) is 5.94. The molecule has 0 aliphatic carbocycles. The van der Waals surface area contributed by atoms with E-state index < -0.39 is 0 Å². The molecular formula is C16H28N4O. The van der Waals surface area contributed by atoms with Crippen LogP contribution in [0.1, 0.15) is 50.5 Å². The predicted molar refractivity (Wildman–Crippen MR) is 85.7 cm³/mol. The first-order valence-corrected chi connectivity index (χ1v) is 8.02. The summed E-state index contributed by atoms with van der Waals surface area (Å²) in [6, 6.07) is 2.08. The fraction of sp³-hybridized carbons (Fsp3) is 0.750. The summed E-state index contributed by atoms with van der Waals surface area (Å²) in [7, 11) is 0. The molecule has 2 N–H and O–H groups in total. The largest absolute Gasteiger partial charge is 0.378 e. The Morgan fingerprint density at radius 2 is 2.05 bits per heavy atom. The van der Waals surface area contributed by atoms with E-state index in [1.807, 2.05) is 6.92 Å². The van der Waals surface area contributed by atoms with Crippen molar-refractivity contribution in [2.24, 2.45) is 5.73 Å². The van der Waals surface area contributed by atoms with Crippen LogP contribution in [0.3, 0.4) is 0 Å². The van der Waals surface area contributed by atoms with E-state index in [2.05, 4.69) is 29.8 Å². The molecule has 0 atom stereocenters. The Labute approximate surface area is 127 Å². The second-order valence-electron chi connectivity index (χ2n) is 6.08. The van der Waals surface area contributed by atoms with Gasteiger partial charge in [-0.25, -0.2) is 9.97 Å². The standard InChI is InChI=1S/C16H28N4O/c1-12(2)16-18-13(3)11-15(19-16)20-8-5-14(6-9-20)21-10-4-7-17/h11-12,14H,4-10,17H2,1-3H3. The van der Waals surface area contributed by atoms with Crippen molar-refractivity contribution in [3.05, 3.63) is 17.6 Å². The van der Waals surface area contributed by atoms with Crippen LogP contribution in [0.15, 0.2) is 6.07 Å². The van der Waals surface area contributed by atoms with Gasteiger partial charge in [-0.1, -0.05) is 13.8 Å². The lowest BCUT2D eigenvalue weighted by molar-refractivity contribution is 0.0365. The molecule has 0 aromatic carbocycles. The summed E-state index contributed by atoms with van der Waals surface area (Å²) >= 11 is 0. The molecule has 0 bridgehead atoms. The third kappa shape index (κ3) is 4.64. The molecule has 0 spiro atoms. The summed E-state index contributed by atoms with van der Waals surface area (Å²) in [6.07, 6.45) is 3.44. The number of rotatable bonds is 6. The maximum absolute atomic E-state index is 5.85. The Hall–Kier alpha value is -1.20. The molecule has 1 aliphatic heterocycles. The van der Waals surface area contributed by atoms with Gasteiger partial charge in [0.05, 0.1) is 6.10 Å². The highest BCUT2D eigenvalue weighted by molar-refractivity contribution is 5.40. The van der Waals surface area contributed by atoms with Gasteiger partial charge in [0.2, 0.25) is 0 Å². The lowest BCUT2D eigenvalue weighted by Gasteiger charge is -2.33. The molecule has 2 rings (SSSR count). The van der Waals surface area contributed by atoms with Gasteiger partial charge in [0.1, 0.15) is 11.6 Å². The number of hydrogen-bond donors (Lipinski definition) is 1. The molecule has 118 valence electrons. The van der Waals surface area contributed by atoms with Crippen LogP contribution in [0.2, 0.25) is 0 Å². The zero-order valence-electron chi connectivity index (χ0n) is 13.5. The van der Waals surface area contributed by atoms with Crippen molar-refractivity contribution in [3.8, 4) is 0 Å². The Morgan fingerprint density at radius 1 is 1.33 bits per heavy atom. The zero-order chi connectivity index (χ0) is 15.2. The van der Waals surface area contributed by atoms with E-state index in [1.54, 1.807) is 0 Å². The first kappa shape index (κ1) is 16.2. The van der Waals surface area contributed by atoms with Crippen molar-refractivity contribution in [3.63, 3.8) is 0 Å². The number of nitrogens with zero attached hydrogens (tertiary/aromatic N) is 3. The molecule has 1 aromatic rings. The molecule has 0 amide bonds. The topological polar surface area (TPSA) is 64.3 Å². The van der Waals surface area contributed by atoms with Crippen LogP contribution in [0.25, 0.3) is 0 Å². The van der Waals surface area contributed by atoms with E-state index in [-0.39, 0.29) is 0 Å². The summed E-state index contributed by atoms with van der Waals surface area (Å²) in [4.78, 5) is 11.6. The highest BCUT2D eigenvalue weighted by atomic mass is 16.5. The molecule has 5 heteroatoms. The summed E-state index contributed by atoms with van der Waals surface area (Å²) in [5.74, 6) is 2.36. The number of ether oxygens (including phenoxy) is 1. The first-order chi connectivity index (χ1) is 10.1. The Balaban J connectivity index is 1.93. The minimum Gasteiger partial charge on any atom is -0.378 e. The highest BCUT2D eigenvalue weighted by Crippen LogP contribution is 2.22. The average Bonchev–Trinajstić information content (AvgIpc) is 2.47. The number of aromatic nitrogens is 2. The third-order valence-electron chi connectivity index (χ3n) is 3.84. The molecule has 1 aliphatic rings. The van der Waals surface area contributed by atoms with E-state index in [0.717, 1.165) is 56.3 Å². The number of anilines is 1. The van der Waals surface area contributed by atoms with E-state index >= 15 is 0 Å². The van der Waals surface area contributed by atoms with Gasteiger partial charge in [-0.05, 0) is 32.7 Å². The molecule has 2 heterocycles. The molecule has 0 unspecified atom stereocenters. The maximum Gasteiger partial charge on any atom is 0.133 e. The van der Waals surface area contributed by atoms with Gasteiger partial charge in [0, 0.05) is 37.4 Å². The van der Waals surface area contributed by atoms with E-state index in [9.17, 15) is 0 Å².